The number of hydrogen-bond donors (Lipinski definition) is 1. The molecule has 0 radical (unpaired) electrons. The maximum Gasteiger partial charge on any atom is 0.0723 e. The molecule has 1 aliphatic heterocycles. The number of nitrogens with one attached hydrogen (secondary N) is 1. The van der Waals surface area contributed by atoms with Crippen molar-refractivity contribution in [2.75, 3.05) is 13.1 Å². The Labute approximate surface area is 98.0 Å². The van der Waals surface area contributed by atoms with Gasteiger partial charge in [0.15, 0.2) is 0 Å². The highest BCUT2D eigenvalue weighted by atomic mass is 16.5. The first kappa shape index (κ1) is 11.6. The molecule has 0 aliphatic carbocycles. The molecule has 88 valence electrons. The Kier molecular flexibility index (Phi) is 3.97. The van der Waals surface area contributed by atoms with E-state index in [2.05, 4.69) is 37.4 Å². The SMILES string of the molecule is Cc1ccc(COC2CCNCC2)c(C)c1. The molecule has 0 atom stereocenters. The summed E-state index contributed by atoms with van der Waals surface area (Å²) in [5.41, 5.74) is 3.99. The van der Waals surface area contributed by atoms with Crippen LogP contribution < -0.4 is 5.32 Å². The molecule has 2 heteroatoms. The van der Waals surface area contributed by atoms with Gasteiger partial charge in [-0.2, -0.15) is 0 Å². The smallest absolute Gasteiger partial charge is 0.0723 e. The summed E-state index contributed by atoms with van der Waals surface area (Å²) in [6.07, 6.45) is 2.73. The second kappa shape index (κ2) is 5.46. The third-order valence-corrected chi connectivity index (χ3v) is 3.26. The van der Waals surface area contributed by atoms with Crippen LogP contribution in [0.1, 0.15) is 29.5 Å². The summed E-state index contributed by atoms with van der Waals surface area (Å²) in [6.45, 7) is 7.24. The van der Waals surface area contributed by atoms with Crippen LogP contribution in [0.3, 0.4) is 0 Å². The van der Waals surface area contributed by atoms with E-state index in [1.807, 2.05) is 0 Å². The standard InChI is InChI=1S/C14H21NO/c1-11-3-4-13(12(2)9-11)10-16-14-5-7-15-8-6-14/h3-4,9,14-15H,5-8,10H2,1-2H3. The lowest BCUT2D eigenvalue weighted by Gasteiger charge is -2.23. The van der Waals surface area contributed by atoms with Crippen molar-refractivity contribution >= 4 is 0 Å². The summed E-state index contributed by atoms with van der Waals surface area (Å²) in [6, 6.07) is 6.57. The zero-order chi connectivity index (χ0) is 11.4. The molecule has 1 aliphatic rings. The van der Waals surface area contributed by atoms with E-state index in [0.717, 1.165) is 32.5 Å². The quantitative estimate of drug-likeness (QED) is 0.843. The van der Waals surface area contributed by atoms with Gasteiger partial charge in [0.25, 0.3) is 0 Å². The van der Waals surface area contributed by atoms with E-state index in [-0.39, 0.29) is 0 Å². The normalized spacial score (nSPS) is 17.6. The van der Waals surface area contributed by atoms with Crippen LogP contribution >= 0.6 is 0 Å². The molecule has 0 spiro atoms. The van der Waals surface area contributed by atoms with Gasteiger partial charge in [-0.3, -0.25) is 0 Å². The van der Waals surface area contributed by atoms with Crippen LogP contribution in [-0.4, -0.2) is 19.2 Å². The van der Waals surface area contributed by atoms with E-state index in [1.165, 1.54) is 16.7 Å². The highest BCUT2D eigenvalue weighted by Crippen LogP contribution is 2.15. The molecular formula is C14H21NO. The van der Waals surface area contributed by atoms with Gasteiger partial charge in [-0.1, -0.05) is 23.8 Å². The van der Waals surface area contributed by atoms with Crippen LogP contribution in [0.4, 0.5) is 0 Å². The van der Waals surface area contributed by atoms with E-state index in [1.54, 1.807) is 0 Å². The largest absolute Gasteiger partial charge is 0.373 e. The lowest BCUT2D eigenvalue weighted by Crippen LogP contribution is -2.32. The Hall–Kier alpha value is -0.860. The van der Waals surface area contributed by atoms with Crippen molar-refractivity contribution in [3.05, 3.63) is 34.9 Å². The Morgan fingerprint density at radius 2 is 2.00 bits per heavy atom. The highest BCUT2D eigenvalue weighted by molar-refractivity contribution is 5.29. The van der Waals surface area contributed by atoms with Crippen LogP contribution in [0.5, 0.6) is 0 Å². The average molecular weight is 219 g/mol. The molecule has 1 heterocycles. The summed E-state index contributed by atoms with van der Waals surface area (Å²) in [5, 5.41) is 3.35. The van der Waals surface area contributed by atoms with Crippen molar-refractivity contribution in [1.29, 1.82) is 0 Å². The molecule has 1 saturated heterocycles. The van der Waals surface area contributed by atoms with Gasteiger partial charge >= 0.3 is 0 Å². The molecule has 1 fully saturated rings. The minimum absolute atomic E-state index is 0.446. The summed E-state index contributed by atoms with van der Waals surface area (Å²) >= 11 is 0. The second-order valence-corrected chi connectivity index (χ2v) is 4.69. The minimum atomic E-state index is 0.446. The monoisotopic (exact) mass is 219 g/mol. The second-order valence-electron chi connectivity index (χ2n) is 4.69. The predicted molar refractivity (Wildman–Crippen MR) is 66.6 cm³/mol. The first-order chi connectivity index (χ1) is 7.75. The van der Waals surface area contributed by atoms with E-state index in [4.69, 9.17) is 4.74 Å². The van der Waals surface area contributed by atoms with Gasteiger partial charge in [-0.25, -0.2) is 0 Å². The molecule has 2 rings (SSSR count). The number of ether oxygens (including phenoxy) is 1. The third-order valence-electron chi connectivity index (χ3n) is 3.26. The van der Waals surface area contributed by atoms with Gasteiger partial charge in [0, 0.05) is 0 Å². The van der Waals surface area contributed by atoms with Crippen molar-refractivity contribution < 1.29 is 4.74 Å². The van der Waals surface area contributed by atoms with Crippen LogP contribution in [0.25, 0.3) is 0 Å². The Bertz CT molecular complexity index is 343. The fourth-order valence-corrected chi connectivity index (χ4v) is 2.18. The zero-order valence-corrected chi connectivity index (χ0v) is 10.3. The summed E-state index contributed by atoms with van der Waals surface area (Å²) < 4.78 is 5.95. The molecule has 2 nitrogen and oxygen atoms in total. The van der Waals surface area contributed by atoms with Crippen molar-refractivity contribution in [1.82, 2.24) is 5.32 Å². The van der Waals surface area contributed by atoms with Crippen LogP contribution in [0, 0.1) is 13.8 Å². The van der Waals surface area contributed by atoms with Gasteiger partial charge < -0.3 is 10.1 Å². The maximum atomic E-state index is 5.95. The molecule has 1 aromatic carbocycles. The Morgan fingerprint density at radius 3 is 2.69 bits per heavy atom. The summed E-state index contributed by atoms with van der Waals surface area (Å²) in [5.74, 6) is 0. The first-order valence-electron chi connectivity index (χ1n) is 6.14. The van der Waals surface area contributed by atoms with Crippen molar-refractivity contribution in [3.8, 4) is 0 Å². The number of aryl methyl sites for hydroxylation is 2. The molecular weight excluding hydrogens is 198 g/mol. The van der Waals surface area contributed by atoms with Crippen LogP contribution in [0.2, 0.25) is 0 Å². The summed E-state index contributed by atoms with van der Waals surface area (Å²) in [7, 11) is 0. The topological polar surface area (TPSA) is 21.3 Å². The molecule has 1 aromatic rings. The Morgan fingerprint density at radius 1 is 1.25 bits per heavy atom. The van der Waals surface area contributed by atoms with E-state index in [0.29, 0.717) is 6.10 Å². The van der Waals surface area contributed by atoms with E-state index in [9.17, 15) is 0 Å². The fourth-order valence-electron chi connectivity index (χ4n) is 2.18. The van der Waals surface area contributed by atoms with Crippen molar-refractivity contribution in [3.63, 3.8) is 0 Å². The minimum Gasteiger partial charge on any atom is -0.373 e. The number of benzene rings is 1. The summed E-state index contributed by atoms with van der Waals surface area (Å²) in [4.78, 5) is 0. The molecule has 16 heavy (non-hydrogen) atoms. The molecule has 0 amide bonds. The lowest BCUT2D eigenvalue weighted by molar-refractivity contribution is 0.0210. The first-order valence-corrected chi connectivity index (χ1v) is 6.14. The van der Waals surface area contributed by atoms with Crippen LogP contribution in [-0.2, 0) is 11.3 Å². The fraction of sp³-hybridized carbons (Fsp3) is 0.571. The molecule has 0 bridgehead atoms. The van der Waals surface area contributed by atoms with Crippen molar-refractivity contribution in [2.24, 2.45) is 0 Å². The van der Waals surface area contributed by atoms with Gasteiger partial charge in [0.1, 0.15) is 0 Å². The highest BCUT2D eigenvalue weighted by Gasteiger charge is 2.13. The molecule has 0 saturated carbocycles. The number of rotatable bonds is 3. The predicted octanol–water partition coefficient (Wildman–Crippen LogP) is 2.57. The average Bonchev–Trinajstić information content (AvgIpc) is 2.29. The molecule has 1 N–H and O–H groups in total. The van der Waals surface area contributed by atoms with Gasteiger partial charge in [0.2, 0.25) is 0 Å². The van der Waals surface area contributed by atoms with Crippen molar-refractivity contribution in [2.45, 2.75) is 39.4 Å². The third kappa shape index (κ3) is 3.06. The van der Waals surface area contributed by atoms with Gasteiger partial charge in [-0.05, 0) is 50.9 Å². The maximum absolute atomic E-state index is 5.95. The van der Waals surface area contributed by atoms with E-state index >= 15 is 0 Å². The van der Waals surface area contributed by atoms with Gasteiger partial charge in [-0.15, -0.1) is 0 Å². The zero-order valence-electron chi connectivity index (χ0n) is 10.3. The number of hydrogen-bond acceptors (Lipinski definition) is 2. The molecule has 0 aromatic heterocycles. The van der Waals surface area contributed by atoms with Crippen LogP contribution in [0.15, 0.2) is 18.2 Å². The molecule has 0 unspecified atom stereocenters. The Balaban J connectivity index is 1.88. The van der Waals surface area contributed by atoms with Gasteiger partial charge in [0.05, 0.1) is 12.7 Å². The van der Waals surface area contributed by atoms with E-state index < -0.39 is 0 Å². The lowest BCUT2D eigenvalue weighted by atomic mass is 10.1. The number of piperidine rings is 1.